The van der Waals surface area contributed by atoms with E-state index in [-0.39, 0.29) is 6.61 Å². The zero-order valence-electron chi connectivity index (χ0n) is 7.36. The molecule has 0 aliphatic carbocycles. The van der Waals surface area contributed by atoms with E-state index in [9.17, 15) is 4.79 Å². The van der Waals surface area contributed by atoms with Crippen LogP contribution >= 0.6 is 0 Å². The maximum absolute atomic E-state index is 10.3. The van der Waals surface area contributed by atoms with E-state index in [0.29, 0.717) is 5.56 Å². The normalized spacial score (nSPS) is 9.62. The topological polar surface area (TPSA) is 49.3 Å². The Hall–Kier alpha value is -1.35. The Balaban J connectivity index is 2.44. The summed E-state index contributed by atoms with van der Waals surface area (Å²) in [6.07, 6.45) is 1.55. The van der Waals surface area contributed by atoms with Crippen molar-refractivity contribution in [1.29, 1.82) is 0 Å². The van der Waals surface area contributed by atoms with Crippen molar-refractivity contribution >= 4 is 12.0 Å². The van der Waals surface area contributed by atoms with Gasteiger partial charge in [0.05, 0.1) is 0 Å². The average molecular weight is 179 g/mol. The number of anilines is 1. The molecule has 0 atom stereocenters. The number of hydrogen-bond acceptors (Lipinski definition) is 3. The fourth-order valence-corrected chi connectivity index (χ4v) is 0.991. The van der Waals surface area contributed by atoms with Crippen LogP contribution in [0.3, 0.4) is 0 Å². The first-order valence-corrected chi connectivity index (χ1v) is 4.27. The maximum Gasteiger partial charge on any atom is 0.150 e. The Morgan fingerprint density at radius 2 is 2.00 bits per heavy atom. The van der Waals surface area contributed by atoms with Gasteiger partial charge in [-0.2, -0.15) is 0 Å². The molecule has 0 fully saturated rings. The Bertz CT molecular complexity index is 256. The molecule has 0 aliphatic rings. The highest BCUT2D eigenvalue weighted by atomic mass is 16.3. The molecule has 0 heterocycles. The van der Waals surface area contributed by atoms with Gasteiger partial charge in [0.1, 0.15) is 6.29 Å². The molecule has 3 nitrogen and oxygen atoms in total. The van der Waals surface area contributed by atoms with Crippen LogP contribution in [0.2, 0.25) is 0 Å². The number of aliphatic hydroxyl groups excluding tert-OH is 1. The fraction of sp³-hybridized carbons (Fsp3) is 0.300. The number of rotatable bonds is 5. The minimum atomic E-state index is 0.194. The number of carbonyl (C=O) groups excluding carboxylic acids is 1. The highest BCUT2D eigenvalue weighted by Gasteiger charge is 1.91. The summed E-state index contributed by atoms with van der Waals surface area (Å²) in [5, 5.41) is 11.7. The van der Waals surface area contributed by atoms with Crippen LogP contribution in [0.15, 0.2) is 24.3 Å². The first-order chi connectivity index (χ1) is 6.36. The van der Waals surface area contributed by atoms with Crippen molar-refractivity contribution in [3.05, 3.63) is 29.8 Å². The van der Waals surface area contributed by atoms with Gasteiger partial charge in [0.25, 0.3) is 0 Å². The molecule has 1 aromatic rings. The summed E-state index contributed by atoms with van der Waals surface area (Å²) >= 11 is 0. The van der Waals surface area contributed by atoms with Gasteiger partial charge in [-0.1, -0.05) is 0 Å². The van der Waals surface area contributed by atoms with Gasteiger partial charge in [-0.3, -0.25) is 4.79 Å². The molecule has 70 valence electrons. The predicted octanol–water partition coefficient (Wildman–Crippen LogP) is 1.29. The van der Waals surface area contributed by atoms with Crippen LogP contribution in [0.5, 0.6) is 0 Å². The van der Waals surface area contributed by atoms with Crippen molar-refractivity contribution in [2.24, 2.45) is 0 Å². The standard InChI is InChI=1S/C10H13NO2/c12-7-1-6-11-10-4-2-9(8-13)3-5-10/h2-5,8,11-12H,1,6-7H2. The fourth-order valence-electron chi connectivity index (χ4n) is 0.991. The molecule has 3 heteroatoms. The van der Waals surface area contributed by atoms with Crippen molar-refractivity contribution in [3.8, 4) is 0 Å². The molecule has 0 spiro atoms. The minimum absolute atomic E-state index is 0.194. The van der Waals surface area contributed by atoms with Gasteiger partial charge in [0, 0.05) is 24.4 Å². The van der Waals surface area contributed by atoms with Gasteiger partial charge in [-0.15, -0.1) is 0 Å². The molecule has 0 radical (unpaired) electrons. The summed E-state index contributed by atoms with van der Waals surface area (Å²) in [6, 6.07) is 7.21. The summed E-state index contributed by atoms with van der Waals surface area (Å²) in [7, 11) is 0. The summed E-state index contributed by atoms with van der Waals surface area (Å²) < 4.78 is 0. The van der Waals surface area contributed by atoms with E-state index in [4.69, 9.17) is 5.11 Å². The lowest BCUT2D eigenvalue weighted by molar-refractivity contribution is 0.112. The lowest BCUT2D eigenvalue weighted by Crippen LogP contribution is -2.03. The molecule has 0 saturated carbocycles. The molecule has 0 saturated heterocycles. The van der Waals surface area contributed by atoms with Crippen molar-refractivity contribution in [3.63, 3.8) is 0 Å². The van der Waals surface area contributed by atoms with Crippen molar-refractivity contribution < 1.29 is 9.90 Å². The number of benzene rings is 1. The van der Waals surface area contributed by atoms with Crippen LogP contribution in [-0.4, -0.2) is 24.5 Å². The van der Waals surface area contributed by atoms with Crippen LogP contribution in [0, 0.1) is 0 Å². The van der Waals surface area contributed by atoms with E-state index in [2.05, 4.69) is 5.32 Å². The lowest BCUT2D eigenvalue weighted by Gasteiger charge is -2.04. The van der Waals surface area contributed by atoms with Gasteiger partial charge in [0.15, 0.2) is 0 Å². The summed E-state index contributed by atoms with van der Waals surface area (Å²) in [4.78, 5) is 10.3. The number of aliphatic hydroxyl groups is 1. The molecule has 1 rings (SSSR count). The van der Waals surface area contributed by atoms with Gasteiger partial charge < -0.3 is 10.4 Å². The molecule has 1 aromatic carbocycles. The van der Waals surface area contributed by atoms with Crippen LogP contribution in [-0.2, 0) is 0 Å². The molecule has 0 aromatic heterocycles. The van der Waals surface area contributed by atoms with Crippen molar-refractivity contribution in [2.75, 3.05) is 18.5 Å². The number of carbonyl (C=O) groups is 1. The lowest BCUT2D eigenvalue weighted by atomic mass is 10.2. The molecule has 0 bridgehead atoms. The van der Waals surface area contributed by atoms with E-state index in [1.807, 2.05) is 12.1 Å². The van der Waals surface area contributed by atoms with Crippen LogP contribution in [0.4, 0.5) is 5.69 Å². The molecule has 0 amide bonds. The van der Waals surface area contributed by atoms with Crippen molar-refractivity contribution in [2.45, 2.75) is 6.42 Å². The minimum Gasteiger partial charge on any atom is -0.396 e. The summed E-state index contributed by atoms with van der Waals surface area (Å²) in [6.45, 7) is 0.941. The van der Waals surface area contributed by atoms with Crippen molar-refractivity contribution in [1.82, 2.24) is 0 Å². The SMILES string of the molecule is O=Cc1ccc(NCCCO)cc1. The van der Waals surface area contributed by atoms with Gasteiger partial charge in [0.2, 0.25) is 0 Å². The second-order valence-corrected chi connectivity index (χ2v) is 2.74. The van der Waals surface area contributed by atoms with Gasteiger partial charge in [-0.05, 0) is 30.7 Å². The smallest absolute Gasteiger partial charge is 0.150 e. The predicted molar refractivity (Wildman–Crippen MR) is 52.0 cm³/mol. The molecule has 2 N–H and O–H groups in total. The zero-order chi connectivity index (χ0) is 9.52. The summed E-state index contributed by atoms with van der Waals surface area (Å²) in [5.41, 5.74) is 1.65. The van der Waals surface area contributed by atoms with Crippen LogP contribution in [0.1, 0.15) is 16.8 Å². The maximum atomic E-state index is 10.3. The molecule has 0 unspecified atom stereocenters. The molecule has 0 aliphatic heterocycles. The second kappa shape index (κ2) is 5.32. The van der Waals surface area contributed by atoms with E-state index >= 15 is 0 Å². The number of aldehydes is 1. The Kier molecular flexibility index (Phi) is 3.99. The summed E-state index contributed by atoms with van der Waals surface area (Å²) in [5.74, 6) is 0. The third-order valence-electron chi connectivity index (χ3n) is 1.71. The average Bonchev–Trinajstić information content (AvgIpc) is 2.19. The third-order valence-corrected chi connectivity index (χ3v) is 1.71. The van der Waals surface area contributed by atoms with E-state index < -0.39 is 0 Å². The van der Waals surface area contributed by atoms with Gasteiger partial charge >= 0.3 is 0 Å². The highest BCUT2D eigenvalue weighted by Crippen LogP contribution is 2.07. The van der Waals surface area contributed by atoms with Crippen LogP contribution < -0.4 is 5.32 Å². The number of hydrogen-bond donors (Lipinski definition) is 2. The van der Waals surface area contributed by atoms with E-state index in [1.54, 1.807) is 12.1 Å². The highest BCUT2D eigenvalue weighted by molar-refractivity contribution is 5.75. The van der Waals surface area contributed by atoms with E-state index in [0.717, 1.165) is 24.9 Å². The zero-order valence-corrected chi connectivity index (χ0v) is 7.36. The molecular formula is C10H13NO2. The Morgan fingerprint density at radius 3 is 2.54 bits per heavy atom. The first kappa shape index (κ1) is 9.74. The monoisotopic (exact) mass is 179 g/mol. The largest absolute Gasteiger partial charge is 0.396 e. The molecule has 13 heavy (non-hydrogen) atoms. The Labute approximate surface area is 77.4 Å². The number of nitrogens with one attached hydrogen (secondary N) is 1. The quantitative estimate of drug-likeness (QED) is 0.529. The first-order valence-electron chi connectivity index (χ1n) is 4.27. The van der Waals surface area contributed by atoms with Crippen LogP contribution in [0.25, 0.3) is 0 Å². The second-order valence-electron chi connectivity index (χ2n) is 2.74. The Morgan fingerprint density at radius 1 is 1.31 bits per heavy atom. The molecular weight excluding hydrogens is 166 g/mol. The third kappa shape index (κ3) is 3.25. The van der Waals surface area contributed by atoms with E-state index in [1.165, 1.54) is 0 Å². The van der Waals surface area contributed by atoms with Gasteiger partial charge in [-0.25, -0.2) is 0 Å².